The average molecular weight is 378 g/mol. The third kappa shape index (κ3) is 3.37. The van der Waals surface area contributed by atoms with Gasteiger partial charge in [-0.3, -0.25) is 4.79 Å². The zero-order chi connectivity index (χ0) is 18.8. The minimum Gasteiger partial charge on any atom is -0.402 e. The SMILES string of the molecule is NC1=C(c2c(N)sc(C(=O)NCc3cccc(F)c3F)c2N)CCCC1. The smallest absolute Gasteiger partial charge is 0.263 e. The van der Waals surface area contributed by atoms with Gasteiger partial charge in [-0.05, 0) is 37.3 Å². The summed E-state index contributed by atoms with van der Waals surface area (Å²) in [5, 5.41) is 3.00. The summed E-state index contributed by atoms with van der Waals surface area (Å²) < 4.78 is 26.9. The second kappa shape index (κ2) is 7.33. The third-order valence-electron chi connectivity index (χ3n) is 4.46. The van der Waals surface area contributed by atoms with E-state index in [-0.39, 0.29) is 22.7 Å². The normalized spacial score (nSPS) is 14.5. The van der Waals surface area contributed by atoms with Gasteiger partial charge in [-0.15, -0.1) is 11.3 Å². The van der Waals surface area contributed by atoms with Crippen LogP contribution in [0.25, 0.3) is 5.57 Å². The summed E-state index contributed by atoms with van der Waals surface area (Å²) >= 11 is 1.07. The lowest BCUT2D eigenvalue weighted by Gasteiger charge is -2.18. The van der Waals surface area contributed by atoms with Crippen LogP contribution in [0, 0.1) is 11.6 Å². The van der Waals surface area contributed by atoms with Gasteiger partial charge < -0.3 is 22.5 Å². The lowest BCUT2D eigenvalue weighted by molar-refractivity contribution is 0.0955. The Kier molecular flexibility index (Phi) is 5.13. The molecule has 0 spiro atoms. The van der Waals surface area contributed by atoms with Crippen LogP contribution in [0.1, 0.15) is 46.5 Å². The lowest BCUT2D eigenvalue weighted by Crippen LogP contribution is -2.23. The molecule has 1 heterocycles. The van der Waals surface area contributed by atoms with Crippen LogP contribution in [0.3, 0.4) is 0 Å². The maximum atomic E-state index is 13.7. The molecule has 3 rings (SSSR count). The number of benzene rings is 1. The first-order chi connectivity index (χ1) is 12.4. The predicted molar refractivity (Wildman–Crippen MR) is 100 cm³/mol. The quantitative estimate of drug-likeness (QED) is 0.654. The first-order valence-electron chi connectivity index (χ1n) is 8.26. The Morgan fingerprint density at radius 3 is 2.62 bits per heavy atom. The lowest BCUT2D eigenvalue weighted by atomic mass is 9.91. The van der Waals surface area contributed by atoms with Crippen molar-refractivity contribution in [1.82, 2.24) is 5.32 Å². The van der Waals surface area contributed by atoms with E-state index in [4.69, 9.17) is 17.2 Å². The fraction of sp³-hybridized carbons (Fsp3) is 0.278. The molecule has 0 bridgehead atoms. The number of thiophene rings is 1. The molecule has 7 N–H and O–H groups in total. The van der Waals surface area contributed by atoms with Crippen LogP contribution in [0.2, 0.25) is 0 Å². The molecule has 1 aromatic heterocycles. The summed E-state index contributed by atoms with van der Waals surface area (Å²) in [6.07, 6.45) is 3.56. The van der Waals surface area contributed by atoms with Crippen LogP contribution < -0.4 is 22.5 Å². The van der Waals surface area contributed by atoms with Gasteiger partial charge in [0.2, 0.25) is 0 Å². The maximum Gasteiger partial charge on any atom is 0.263 e. The average Bonchev–Trinajstić information content (AvgIpc) is 2.91. The highest BCUT2D eigenvalue weighted by molar-refractivity contribution is 7.18. The van der Waals surface area contributed by atoms with Gasteiger partial charge in [0.05, 0.1) is 10.7 Å². The fourth-order valence-corrected chi connectivity index (χ4v) is 4.03. The standard InChI is InChI=1S/C18H20F2N4OS/c19-11-6-3-4-9(14(11)20)8-24-18(25)16-15(22)13(17(23)26-16)10-5-1-2-7-12(10)21/h3-4,6H,1-2,5,7-8,21-23H2,(H,24,25). The number of halogens is 2. The van der Waals surface area contributed by atoms with Crippen molar-refractivity contribution in [3.8, 4) is 0 Å². The molecule has 1 aromatic carbocycles. The van der Waals surface area contributed by atoms with Gasteiger partial charge in [0.25, 0.3) is 5.91 Å². The number of carbonyl (C=O) groups is 1. The molecule has 0 fully saturated rings. The fourth-order valence-electron chi connectivity index (χ4n) is 3.10. The van der Waals surface area contributed by atoms with Crippen molar-refractivity contribution in [2.24, 2.45) is 5.73 Å². The van der Waals surface area contributed by atoms with Crippen molar-refractivity contribution in [2.75, 3.05) is 11.5 Å². The minimum atomic E-state index is -0.979. The Balaban J connectivity index is 1.83. The zero-order valence-corrected chi connectivity index (χ0v) is 14.9. The van der Waals surface area contributed by atoms with E-state index in [0.717, 1.165) is 54.4 Å². The van der Waals surface area contributed by atoms with Crippen LogP contribution >= 0.6 is 11.3 Å². The highest BCUT2D eigenvalue weighted by atomic mass is 32.1. The Morgan fingerprint density at radius 1 is 1.15 bits per heavy atom. The topological polar surface area (TPSA) is 107 Å². The summed E-state index contributed by atoms with van der Waals surface area (Å²) in [6, 6.07) is 3.81. The van der Waals surface area contributed by atoms with Gasteiger partial charge in [-0.25, -0.2) is 8.78 Å². The Bertz CT molecular complexity index is 892. The van der Waals surface area contributed by atoms with E-state index in [1.54, 1.807) is 0 Å². The van der Waals surface area contributed by atoms with Gasteiger partial charge in [-0.1, -0.05) is 12.1 Å². The molecule has 26 heavy (non-hydrogen) atoms. The molecule has 0 radical (unpaired) electrons. The van der Waals surface area contributed by atoms with E-state index < -0.39 is 17.5 Å². The number of amides is 1. The number of hydrogen-bond donors (Lipinski definition) is 4. The van der Waals surface area contributed by atoms with Gasteiger partial charge in [-0.2, -0.15) is 0 Å². The number of hydrogen-bond acceptors (Lipinski definition) is 5. The van der Waals surface area contributed by atoms with Crippen LogP contribution in [-0.4, -0.2) is 5.91 Å². The van der Waals surface area contributed by atoms with Crippen LogP contribution in [-0.2, 0) is 6.54 Å². The molecule has 0 saturated carbocycles. The van der Waals surface area contributed by atoms with E-state index >= 15 is 0 Å². The monoisotopic (exact) mass is 378 g/mol. The number of carbonyl (C=O) groups excluding carboxylic acids is 1. The summed E-state index contributed by atoms with van der Waals surface area (Å²) in [7, 11) is 0. The molecule has 138 valence electrons. The third-order valence-corrected chi connectivity index (χ3v) is 5.50. The van der Waals surface area contributed by atoms with E-state index in [1.165, 1.54) is 12.1 Å². The van der Waals surface area contributed by atoms with E-state index in [0.29, 0.717) is 10.6 Å². The number of allylic oxidation sites excluding steroid dienone is 2. The van der Waals surface area contributed by atoms with Crippen molar-refractivity contribution in [3.05, 3.63) is 51.5 Å². The first-order valence-corrected chi connectivity index (χ1v) is 9.08. The number of rotatable bonds is 4. The largest absolute Gasteiger partial charge is 0.402 e. The summed E-state index contributed by atoms with van der Waals surface area (Å²) in [6.45, 7) is -0.153. The molecule has 0 aliphatic heterocycles. The Hall–Kier alpha value is -2.61. The van der Waals surface area contributed by atoms with Crippen molar-refractivity contribution in [2.45, 2.75) is 32.2 Å². The first kappa shape index (κ1) is 18.2. The molecular formula is C18H20F2N4OS. The van der Waals surface area contributed by atoms with Gasteiger partial charge in [0.15, 0.2) is 11.6 Å². The van der Waals surface area contributed by atoms with E-state index in [1.807, 2.05) is 0 Å². The molecular weight excluding hydrogens is 358 g/mol. The second-order valence-corrected chi connectivity index (χ2v) is 7.24. The predicted octanol–water partition coefficient (Wildman–Crippen LogP) is 3.36. The highest BCUT2D eigenvalue weighted by Gasteiger charge is 2.24. The number of nitrogen functional groups attached to an aromatic ring is 2. The molecule has 0 atom stereocenters. The summed E-state index contributed by atoms with van der Waals surface area (Å²) in [5.41, 5.74) is 21.0. The van der Waals surface area contributed by atoms with E-state index in [2.05, 4.69) is 5.32 Å². The van der Waals surface area contributed by atoms with Crippen molar-refractivity contribution >= 4 is 33.5 Å². The molecule has 8 heteroatoms. The molecule has 5 nitrogen and oxygen atoms in total. The molecule has 0 saturated heterocycles. The summed E-state index contributed by atoms with van der Waals surface area (Å²) in [4.78, 5) is 12.7. The van der Waals surface area contributed by atoms with Gasteiger partial charge in [0, 0.05) is 23.4 Å². The number of nitrogens with one attached hydrogen (secondary N) is 1. The van der Waals surface area contributed by atoms with Crippen LogP contribution in [0.15, 0.2) is 23.9 Å². The van der Waals surface area contributed by atoms with Crippen molar-refractivity contribution < 1.29 is 13.6 Å². The van der Waals surface area contributed by atoms with Crippen molar-refractivity contribution in [3.63, 3.8) is 0 Å². The zero-order valence-electron chi connectivity index (χ0n) is 14.1. The Morgan fingerprint density at radius 2 is 1.88 bits per heavy atom. The molecule has 1 aliphatic carbocycles. The number of nitrogens with two attached hydrogens (primary N) is 3. The highest BCUT2D eigenvalue weighted by Crippen LogP contribution is 2.42. The van der Waals surface area contributed by atoms with E-state index in [9.17, 15) is 13.6 Å². The van der Waals surface area contributed by atoms with Crippen LogP contribution in [0.4, 0.5) is 19.5 Å². The Labute approximate surface area is 153 Å². The van der Waals surface area contributed by atoms with Gasteiger partial charge in [0.1, 0.15) is 4.88 Å². The van der Waals surface area contributed by atoms with Gasteiger partial charge >= 0.3 is 0 Å². The molecule has 1 amide bonds. The van der Waals surface area contributed by atoms with Crippen LogP contribution in [0.5, 0.6) is 0 Å². The minimum absolute atomic E-state index is 0.0564. The molecule has 2 aromatic rings. The maximum absolute atomic E-state index is 13.7. The number of anilines is 2. The second-order valence-electron chi connectivity index (χ2n) is 6.19. The van der Waals surface area contributed by atoms with Crippen molar-refractivity contribution in [1.29, 1.82) is 0 Å². The molecule has 1 aliphatic rings. The molecule has 0 unspecified atom stereocenters. The summed E-state index contributed by atoms with van der Waals surface area (Å²) in [5.74, 6) is -2.42.